The molecule has 15 heavy (non-hydrogen) atoms. The molecule has 0 aromatic heterocycles. The van der Waals surface area contributed by atoms with Gasteiger partial charge >= 0.3 is 0 Å². The molecule has 3 nitrogen and oxygen atoms in total. The van der Waals surface area contributed by atoms with Gasteiger partial charge < -0.3 is 15.3 Å². The number of aliphatic hydroxyl groups is 3. The third-order valence-corrected chi connectivity index (χ3v) is 2.68. The van der Waals surface area contributed by atoms with Gasteiger partial charge in [-0.2, -0.15) is 0 Å². The van der Waals surface area contributed by atoms with Crippen molar-refractivity contribution in [3.05, 3.63) is 35.9 Å². The van der Waals surface area contributed by atoms with Gasteiger partial charge in [0, 0.05) is 18.1 Å². The standard InChI is InChI=1S/C12H18O3/c1-10(6-5-9-13)12(14,15)11-7-3-2-4-8-11/h2-4,7-8,10,13-15H,5-6,9H2,1H3. The second-order valence-electron chi connectivity index (χ2n) is 3.86. The molecular formula is C12H18O3. The van der Waals surface area contributed by atoms with E-state index in [2.05, 4.69) is 0 Å². The van der Waals surface area contributed by atoms with Crippen molar-refractivity contribution in [1.82, 2.24) is 0 Å². The molecule has 0 aliphatic carbocycles. The van der Waals surface area contributed by atoms with Crippen LogP contribution in [-0.4, -0.2) is 21.9 Å². The lowest BCUT2D eigenvalue weighted by molar-refractivity contribution is -0.207. The highest BCUT2D eigenvalue weighted by Gasteiger charge is 2.32. The molecule has 0 spiro atoms. The summed E-state index contributed by atoms with van der Waals surface area (Å²) in [7, 11) is 0. The molecule has 0 saturated carbocycles. The number of hydrogen-bond acceptors (Lipinski definition) is 3. The van der Waals surface area contributed by atoms with Crippen molar-refractivity contribution in [2.75, 3.05) is 6.61 Å². The van der Waals surface area contributed by atoms with Crippen LogP contribution < -0.4 is 0 Å². The number of aliphatic hydroxyl groups excluding tert-OH is 1. The maximum absolute atomic E-state index is 9.95. The lowest BCUT2D eigenvalue weighted by Gasteiger charge is -2.29. The van der Waals surface area contributed by atoms with Gasteiger partial charge in [-0.15, -0.1) is 0 Å². The molecule has 1 aromatic rings. The molecule has 0 aliphatic heterocycles. The minimum Gasteiger partial charge on any atom is -0.396 e. The van der Waals surface area contributed by atoms with Crippen molar-refractivity contribution in [2.45, 2.75) is 25.6 Å². The van der Waals surface area contributed by atoms with E-state index in [1.54, 1.807) is 31.2 Å². The lowest BCUT2D eigenvalue weighted by atomic mass is 9.90. The molecule has 0 radical (unpaired) electrons. The van der Waals surface area contributed by atoms with Crippen molar-refractivity contribution in [2.24, 2.45) is 5.92 Å². The van der Waals surface area contributed by atoms with Crippen LogP contribution in [0.2, 0.25) is 0 Å². The SMILES string of the molecule is CC(CCCO)C(O)(O)c1ccccc1. The van der Waals surface area contributed by atoms with E-state index in [4.69, 9.17) is 5.11 Å². The van der Waals surface area contributed by atoms with Gasteiger partial charge in [-0.05, 0) is 12.8 Å². The van der Waals surface area contributed by atoms with Gasteiger partial charge in [0.15, 0.2) is 5.79 Å². The molecule has 1 rings (SSSR count). The Morgan fingerprint density at radius 3 is 2.33 bits per heavy atom. The fourth-order valence-electron chi connectivity index (χ4n) is 1.57. The van der Waals surface area contributed by atoms with Gasteiger partial charge in [-0.25, -0.2) is 0 Å². The smallest absolute Gasteiger partial charge is 0.192 e. The van der Waals surface area contributed by atoms with E-state index in [-0.39, 0.29) is 12.5 Å². The predicted octanol–water partition coefficient (Wildman–Crippen LogP) is 1.23. The number of benzene rings is 1. The highest BCUT2D eigenvalue weighted by Crippen LogP contribution is 2.29. The third-order valence-electron chi connectivity index (χ3n) is 2.68. The first-order valence-electron chi connectivity index (χ1n) is 5.20. The molecule has 84 valence electrons. The van der Waals surface area contributed by atoms with E-state index < -0.39 is 5.79 Å². The number of rotatable bonds is 5. The largest absolute Gasteiger partial charge is 0.396 e. The zero-order valence-corrected chi connectivity index (χ0v) is 8.93. The molecule has 1 aromatic carbocycles. The van der Waals surface area contributed by atoms with Gasteiger partial charge in [0.2, 0.25) is 0 Å². The van der Waals surface area contributed by atoms with Gasteiger partial charge in [-0.1, -0.05) is 37.3 Å². The zero-order valence-electron chi connectivity index (χ0n) is 8.93. The Morgan fingerprint density at radius 2 is 1.80 bits per heavy atom. The first-order chi connectivity index (χ1) is 7.09. The third kappa shape index (κ3) is 3.02. The summed E-state index contributed by atoms with van der Waals surface area (Å²) in [5.74, 6) is -2.11. The molecule has 0 amide bonds. The molecule has 0 heterocycles. The highest BCUT2D eigenvalue weighted by atomic mass is 16.5. The van der Waals surface area contributed by atoms with Gasteiger partial charge in [0.05, 0.1) is 0 Å². The van der Waals surface area contributed by atoms with E-state index >= 15 is 0 Å². The van der Waals surface area contributed by atoms with Crippen LogP contribution in [0.5, 0.6) is 0 Å². The Bertz CT molecular complexity index is 282. The summed E-state index contributed by atoms with van der Waals surface area (Å²) in [6.07, 6.45) is 1.16. The fourth-order valence-corrected chi connectivity index (χ4v) is 1.57. The van der Waals surface area contributed by atoms with Crippen molar-refractivity contribution in [3.63, 3.8) is 0 Å². The summed E-state index contributed by atoms with van der Waals surface area (Å²) < 4.78 is 0. The molecule has 1 atom stereocenters. The molecule has 0 fully saturated rings. The minimum absolute atomic E-state index is 0.0786. The first-order valence-corrected chi connectivity index (χ1v) is 5.20. The van der Waals surface area contributed by atoms with E-state index in [1.807, 2.05) is 6.07 Å². The summed E-state index contributed by atoms with van der Waals surface area (Å²) in [5, 5.41) is 28.6. The highest BCUT2D eigenvalue weighted by molar-refractivity contribution is 5.20. The van der Waals surface area contributed by atoms with Gasteiger partial charge in [-0.3, -0.25) is 0 Å². The predicted molar refractivity (Wildman–Crippen MR) is 58.0 cm³/mol. The Balaban J connectivity index is 2.73. The van der Waals surface area contributed by atoms with Crippen LogP contribution in [0.4, 0.5) is 0 Å². The van der Waals surface area contributed by atoms with E-state index in [0.717, 1.165) is 0 Å². The summed E-state index contributed by atoms with van der Waals surface area (Å²) in [5.41, 5.74) is 0.496. The zero-order chi connectivity index (χ0) is 11.3. The average molecular weight is 210 g/mol. The molecule has 0 saturated heterocycles. The molecule has 1 unspecified atom stereocenters. The minimum atomic E-state index is -1.81. The first kappa shape index (κ1) is 12.2. The second kappa shape index (κ2) is 5.26. The average Bonchev–Trinajstić information content (AvgIpc) is 2.27. The van der Waals surface area contributed by atoms with Crippen molar-refractivity contribution in [1.29, 1.82) is 0 Å². The molecule has 3 heteroatoms. The Hall–Kier alpha value is -0.900. The van der Waals surface area contributed by atoms with Crippen LogP contribution in [0.15, 0.2) is 30.3 Å². The van der Waals surface area contributed by atoms with Crippen molar-refractivity contribution in [3.8, 4) is 0 Å². The maximum atomic E-state index is 9.95. The summed E-state index contributed by atoms with van der Waals surface area (Å²) >= 11 is 0. The fraction of sp³-hybridized carbons (Fsp3) is 0.500. The van der Waals surface area contributed by atoms with Crippen LogP contribution in [0.25, 0.3) is 0 Å². The van der Waals surface area contributed by atoms with E-state index in [0.29, 0.717) is 18.4 Å². The Kier molecular flexibility index (Phi) is 4.27. The van der Waals surface area contributed by atoms with Crippen LogP contribution >= 0.6 is 0 Å². The van der Waals surface area contributed by atoms with Crippen LogP contribution in [0.1, 0.15) is 25.3 Å². The van der Waals surface area contributed by atoms with Crippen molar-refractivity contribution < 1.29 is 15.3 Å². The Morgan fingerprint density at radius 1 is 1.20 bits per heavy atom. The normalized spacial score (nSPS) is 13.9. The summed E-state index contributed by atoms with van der Waals surface area (Å²) in [6, 6.07) is 8.76. The van der Waals surface area contributed by atoms with Crippen LogP contribution in [0, 0.1) is 5.92 Å². The maximum Gasteiger partial charge on any atom is 0.192 e. The molecular weight excluding hydrogens is 192 g/mol. The quantitative estimate of drug-likeness (QED) is 0.641. The van der Waals surface area contributed by atoms with E-state index in [9.17, 15) is 10.2 Å². The Labute approximate surface area is 90.0 Å². The molecule has 0 bridgehead atoms. The monoisotopic (exact) mass is 210 g/mol. The summed E-state index contributed by atoms with van der Waals surface area (Å²) in [4.78, 5) is 0. The summed E-state index contributed by atoms with van der Waals surface area (Å²) in [6.45, 7) is 1.85. The number of hydrogen-bond donors (Lipinski definition) is 3. The van der Waals surface area contributed by atoms with Gasteiger partial charge in [0.25, 0.3) is 0 Å². The van der Waals surface area contributed by atoms with Crippen LogP contribution in [-0.2, 0) is 5.79 Å². The van der Waals surface area contributed by atoms with Crippen LogP contribution in [0.3, 0.4) is 0 Å². The van der Waals surface area contributed by atoms with Crippen molar-refractivity contribution >= 4 is 0 Å². The topological polar surface area (TPSA) is 60.7 Å². The van der Waals surface area contributed by atoms with Gasteiger partial charge in [0.1, 0.15) is 0 Å². The molecule has 3 N–H and O–H groups in total. The van der Waals surface area contributed by atoms with E-state index in [1.165, 1.54) is 0 Å². The second-order valence-corrected chi connectivity index (χ2v) is 3.86. The molecule has 0 aliphatic rings. The lowest BCUT2D eigenvalue weighted by Crippen LogP contribution is -2.33.